The fourth-order valence-corrected chi connectivity index (χ4v) is 4.63. The summed E-state index contributed by atoms with van der Waals surface area (Å²) >= 11 is 1.85. The highest BCUT2D eigenvalue weighted by Gasteiger charge is 2.24. The molecular weight excluding hydrogens is 318 g/mol. The van der Waals surface area contributed by atoms with E-state index >= 15 is 0 Å². The summed E-state index contributed by atoms with van der Waals surface area (Å²) < 4.78 is 0. The second-order valence-corrected chi connectivity index (χ2v) is 8.19. The zero-order chi connectivity index (χ0) is 16.4. The van der Waals surface area contributed by atoms with Crippen molar-refractivity contribution in [2.24, 2.45) is 0 Å². The Morgan fingerprint density at radius 2 is 2.04 bits per heavy atom. The maximum Gasteiger partial charge on any atom is 0.225 e. The van der Waals surface area contributed by atoms with Gasteiger partial charge in [-0.1, -0.05) is 0 Å². The molecule has 0 unspecified atom stereocenters. The zero-order valence-electron chi connectivity index (χ0n) is 14.3. The Labute approximate surface area is 147 Å². The van der Waals surface area contributed by atoms with Crippen molar-refractivity contribution in [1.29, 1.82) is 0 Å². The van der Waals surface area contributed by atoms with Gasteiger partial charge in [0.05, 0.1) is 10.7 Å². The smallest absolute Gasteiger partial charge is 0.225 e. The summed E-state index contributed by atoms with van der Waals surface area (Å²) in [6.07, 6.45) is 8.94. The van der Waals surface area contributed by atoms with E-state index < -0.39 is 0 Å². The molecule has 1 atom stereocenters. The van der Waals surface area contributed by atoms with Crippen molar-refractivity contribution in [2.45, 2.75) is 45.1 Å². The lowest BCUT2D eigenvalue weighted by Crippen LogP contribution is -2.34. The van der Waals surface area contributed by atoms with E-state index in [4.69, 9.17) is 4.98 Å². The van der Waals surface area contributed by atoms with Crippen LogP contribution in [0.1, 0.15) is 47.2 Å². The number of rotatable bonds is 4. The van der Waals surface area contributed by atoms with Gasteiger partial charge in [-0.3, -0.25) is 4.90 Å². The van der Waals surface area contributed by atoms with Gasteiger partial charge in [0.15, 0.2) is 0 Å². The molecule has 24 heavy (non-hydrogen) atoms. The number of anilines is 1. The molecule has 0 amide bonds. The molecule has 128 valence electrons. The highest BCUT2D eigenvalue weighted by atomic mass is 32.1. The Morgan fingerprint density at radius 3 is 2.83 bits per heavy atom. The maximum atomic E-state index is 4.81. The van der Waals surface area contributed by atoms with Gasteiger partial charge in [0, 0.05) is 49.4 Å². The van der Waals surface area contributed by atoms with Crippen LogP contribution in [0.5, 0.6) is 0 Å². The third kappa shape index (κ3) is 3.59. The molecule has 0 aromatic carbocycles. The lowest BCUT2D eigenvalue weighted by atomic mass is 9.98. The van der Waals surface area contributed by atoms with Gasteiger partial charge in [0.25, 0.3) is 0 Å². The Morgan fingerprint density at radius 1 is 1.17 bits per heavy atom. The molecule has 2 aliphatic rings. The van der Waals surface area contributed by atoms with Crippen LogP contribution in [0.3, 0.4) is 0 Å². The minimum atomic E-state index is 0.581. The monoisotopic (exact) mass is 343 g/mol. The van der Waals surface area contributed by atoms with E-state index in [2.05, 4.69) is 32.8 Å². The topological polar surface area (TPSA) is 45.2 Å². The lowest BCUT2D eigenvalue weighted by molar-refractivity contribution is 0.198. The van der Waals surface area contributed by atoms with Gasteiger partial charge < -0.3 is 4.90 Å². The van der Waals surface area contributed by atoms with Crippen LogP contribution >= 0.6 is 11.3 Å². The van der Waals surface area contributed by atoms with Gasteiger partial charge in [0.2, 0.25) is 5.95 Å². The molecule has 2 aromatic rings. The first-order chi connectivity index (χ1) is 11.8. The third-order valence-electron chi connectivity index (χ3n) is 4.97. The maximum absolute atomic E-state index is 4.81. The van der Waals surface area contributed by atoms with Crippen LogP contribution in [-0.4, -0.2) is 46.0 Å². The van der Waals surface area contributed by atoms with Crippen molar-refractivity contribution in [3.63, 3.8) is 0 Å². The predicted octanol–water partition coefficient (Wildman–Crippen LogP) is 3.22. The summed E-state index contributed by atoms with van der Waals surface area (Å²) in [6, 6.07) is 2.07. The molecule has 0 N–H and O–H groups in total. The summed E-state index contributed by atoms with van der Waals surface area (Å²) in [4.78, 5) is 20.0. The molecular formula is C18H25N5S. The van der Waals surface area contributed by atoms with E-state index in [1.165, 1.54) is 35.6 Å². The quantitative estimate of drug-likeness (QED) is 0.853. The van der Waals surface area contributed by atoms with E-state index in [1.54, 1.807) is 0 Å². The second-order valence-electron chi connectivity index (χ2n) is 6.93. The van der Waals surface area contributed by atoms with Crippen LogP contribution in [0.4, 0.5) is 5.95 Å². The minimum absolute atomic E-state index is 0.581. The second kappa shape index (κ2) is 7.15. The molecule has 2 aliphatic heterocycles. The average molecular weight is 344 g/mol. The number of hydrogen-bond acceptors (Lipinski definition) is 6. The highest BCUT2D eigenvalue weighted by Crippen LogP contribution is 2.30. The molecule has 2 aromatic heterocycles. The summed E-state index contributed by atoms with van der Waals surface area (Å²) in [7, 11) is 0. The van der Waals surface area contributed by atoms with Crippen LogP contribution in [0, 0.1) is 6.92 Å². The fraction of sp³-hybridized carbons (Fsp3) is 0.611. The first-order valence-electron chi connectivity index (χ1n) is 8.99. The molecule has 6 heteroatoms. The van der Waals surface area contributed by atoms with Crippen molar-refractivity contribution in [2.75, 3.05) is 31.1 Å². The third-order valence-corrected chi connectivity index (χ3v) is 6.04. The number of hydrogen-bond donors (Lipinski definition) is 0. The van der Waals surface area contributed by atoms with Gasteiger partial charge in [-0.25, -0.2) is 15.0 Å². The van der Waals surface area contributed by atoms with Crippen molar-refractivity contribution in [1.82, 2.24) is 19.9 Å². The van der Waals surface area contributed by atoms with Gasteiger partial charge in [-0.05, 0) is 45.2 Å². The first kappa shape index (κ1) is 16.0. The van der Waals surface area contributed by atoms with Gasteiger partial charge in [-0.15, -0.1) is 11.3 Å². The van der Waals surface area contributed by atoms with E-state index in [0.29, 0.717) is 5.92 Å². The van der Waals surface area contributed by atoms with Crippen LogP contribution in [-0.2, 0) is 6.54 Å². The zero-order valence-corrected chi connectivity index (χ0v) is 15.1. The molecule has 0 radical (unpaired) electrons. The van der Waals surface area contributed by atoms with Crippen molar-refractivity contribution < 1.29 is 0 Å². The first-order valence-corrected chi connectivity index (χ1v) is 9.81. The van der Waals surface area contributed by atoms with Gasteiger partial charge in [0.1, 0.15) is 0 Å². The Bertz CT molecular complexity index is 680. The Kier molecular flexibility index (Phi) is 4.76. The number of thiazole rings is 1. The van der Waals surface area contributed by atoms with Crippen LogP contribution in [0.15, 0.2) is 18.5 Å². The fourth-order valence-electron chi connectivity index (χ4n) is 3.73. The minimum Gasteiger partial charge on any atom is -0.341 e. The SMILES string of the molecule is Cc1cnc([C@H]2CCCN(Cc3ccnc(N4CCCC4)n3)C2)s1. The lowest BCUT2D eigenvalue weighted by Gasteiger charge is -2.31. The van der Waals surface area contributed by atoms with Crippen LogP contribution in [0.25, 0.3) is 0 Å². The molecule has 4 rings (SSSR count). The number of nitrogens with zero attached hydrogens (tertiary/aromatic N) is 5. The molecule has 0 saturated carbocycles. The van der Waals surface area contributed by atoms with Crippen molar-refractivity contribution >= 4 is 17.3 Å². The summed E-state index contributed by atoms with van der Waals surface area (Å²) in [5.74, 6) is 1.49. The molecule has 0 bridgehead atoms. The number of aromatic nitrogens is 3. The van der Waals surface area contributed by atoms with Crippen LogP contribution in [0.2, 0.25) is 0 Å². The van der Waals surface area contributed by atoms with E-state index in [-0.39, 0.29) is 0 Å². The predicted molar refractivity (Wildman–Crippen MR) is 97.6 cm³/mol. The standard InChI is InChI=1S/C18H25N5S/c1-14-11-20-17(24-14)15-5-4-8-22(12-15)13-16-6-7-19-18(21-16)23-9-2-3-10-23/h6-7,11,15H,2-5,8-10,12-13H2,1H3/t15-/m0/s1. The number of piperidine rings is 1. The van der Waals surface area contributed by atoms with Crippen molar-refractivity contribution in [3.05, 3.63) is 34.0 Å². The van der Waals surface area contributed by atoms with Gasteiger partial charge >= 0.3 is 0 Å². The highest BCUT2D eigenvalue weighted by molar-refractivity contribution is 7.11. The molecule has 0 aliphatic carbocycles. The summed E-state index contributed by atoms with van der Waals surface area (Å²) in [6.45, 7) is 7.50. The summed E-state index contributed by atoms with van der Waals surface area (Å²) in [5.41, 5.74) is 1.14. The van der Waals surface area contributed by atoms with E-state index in [0.717, 1.165) is 44.4 Å². The van der Waals surface area contributed by atoms with Crippen LogP contribution < -0.4 is 4.90 Å². The molecule has 4 heterocycles. The Balaban J connectivity index is 1.42. The number of likely N-dealkylation sites (tertiary alicyclic amines) is 1. The van der Waals surface area contributed by atoms with Gasteiger partial charge in [-0.2, -0.15) is 0 Å². The average Bonchev–Trinajstić information content (AvgIpc) is 3.27. The van der Waals surface area contributed by atoms with E-state index in [1.807, 2.05) is 23.7 Å². The number of aryl methyl sites for hydroxylation is 1. The molecule has 5 nitrogen and oxygen atoms in total. The summed E-state index contributed by atoms with van der Waals surface area (Å²) in [5, 5.41) is 1.30. The molecule has 2 fully saturated rings. The van der Waals surface area contributed by atoms with Crippen molar-refractivity contribution in [3.8, 4) is 0 Å². The van der Waals surface area contributed by atoms with E-state index in [9.17, 15) is 0 Å². The Hall–Kier alpha value is -1.53. The molecule has 2 saturated heterocycles. The normalized spacial score (nSPS) is 22.2. The molecule has 0 spiro atoms. The largest absolute Gasteiger partial charge is 0.341 e.